The molecule has 1 fully saturated rings. The van der Waals surface area contributed by atoms with E-state index in [1.165, 1.54) is 75.6 Å². The third kappa shape index (κ3) is 21.0. The van der Waals surface area contributed by atoms with Crippen LogP contribution in [-0.4, -0.2) is 111 Å². The van der Waals surface area contributed by atoms with Crippen molar-refractivity contribution in [2.45, 2.75) is 204 Å². The molecule has 8 N–H and O–H groups in total. The Morgan fingerprint density at radius 1 is 0.732 bits per heavy atom. The second kappa shape index (κ2) is 30.8. The van der Waals surface area contributed by atoms with Crippen LogP contribution in [0.1, 0.15) is 165 Å². The van der Waals surface area contributed by atoms with Gasteiger partial charge in [-0.3, -0.25) is 9.59 Å². The standard InChI is InChI=1S/C43H75FN2O10/c1-2-3-4-5-6-7-8-9-11-14-17-20-23-35(48)38(50)34(31-55-43-41(53)40(52)39(51)36(30-47)56-43)46-37(49)24-21-18-15-12-10-13-16-19-22-29-45-42(54)32-25-27-33(44)28-26-32/h25-28,34-36,38-41,43,47-48,50-53H,2-24,29-31H2,1H3,(H,45,54)(H,46,49)/t34-,35+,36+,38-,39-,40-,41+,43-/m0/s1. The largest absolute Gasteiger partial charge is 0.394 e. The molecule has 0 bridgehead atoms. The van der Waals surface area contributed by atoms with E-state index in [2.05, 4.69) is 17.6 Å². The molecule has 1 aromatic carbocycles. The molecule has 2 rings (SSSR count). The molecule has 2 amide bonds. The second-order valence-electron chi connectivity index (χ2n) is 15.6. The summed E-state index contributed by atoms with van der Waals surface area (Å²) < 4.78 is 24.1. The van der Waals surface area contributed by atoms with Gasteiger partial charge in [-0.15, -0.1) is 0 Å². The normalized spacial score (nSPS) is 21.4. The van der Waals surface area contributed by atoms with Gasteiger partial charge in [0, 0.05) is 18.5 Å². The Morgan fingerprint density at radius 2 is 1.25 bits per heavy atom. The summed E-state index contributed by atoms with van der Waals surface area (Å²) in [7, 11) is 0. The van der Waals surface area contributed by atoms with Crippen molar-refractivity contribution in [2.24, 2.45) is 0 Å². The number of carbonyl (C=O) groups is 2. The topological polar surface area (TPSA) is 198 Å². The first-order valence-corrected chi connectivity index (χ1v) is 21.7. The van der Waals surface area contributed by atoms with Crippen LogP contribution in [-0.2, 0) is 14.3 Å². The number of rotatable bonds is 33. The zero-order chi connectivity index (χ0) is 41.0. The van der Waals surface area contributed by atoms with Gasteiger partial charge in [0.1, 0.15) is 36.3 Å². The number of unbranched alkanes of at least 4 members (excludes halogenated alkanes) is 19. The molecule has 8 atom stereocenters. The number of hydrogen-bond acceptors (Lipinski definition) is 10. The number of halogens is 1. The maximum absolute atomic E-state index is 13.0. The number of aliphatic hydroxyl groups is 6. The molecule has 1 heterocycles. The minimum absolute atomic E-state index is 0.200. The molecule has 12 nitrogen and oxygen atoms in total. The highest BCUT2D eigenvalue weighted by Crippen LogP contribution is 2.23. The first-order valence-electron chi connectivity index (χ1n) is 21.7. The first-order chi connectivity index (χ1) is 27.1. The minimum Gasteiger partial charge on any atom is -0.394 e. The predicted molar refractivity (Wildman–Crippen MR) is 214 cm³/mol. The lowest BCUT2D eigenvalue weighted by molar-refractivity contribution is -0.303. The summed E-state index contributed by atoms with van der Waals surface area (Å²) in [5.74, 6) is -0.880. The zero-order valence-electron chi connectivity index (χ0n) is 34.0. The highest BCUT2D eigenvalue weighted by molar-refractivity contribution is 5.94. The van der Waals surface area contributed by atoms with E-state index < -0.39 is 55.6 Å². The van der Waals surface area contributed by atoms with Crippen LogP contribution < -0.4 is 10.6 Å². The molecule has 0 aliphatic carbocycles. The van der Waals surface area contributed by atoms with E-state index in [-0.39, 0.29) is 30.7 Å². The van der Waals surface area contributed by atoms with E-state index in [9.17, 15) is 44.6 Å². The third-order valence-electron chi connectivity index (χ3n) is 10.8. The van der Waals surface area contributed by atoms with Crippen LogP contribution in [0, 0.1) is 5.82 Å². The number of aliphatic hydroxyl groups excluding tert-OH is 6. The molecule has 1 saturated heterocycles. The fraction of sp³-hybridized carbons (Fsp3) is 0.814. The SMILES string of the molecule is CCCCCCCCCCCCCC[C@@H](O)[C@@H](O)[C@H](CO[C@H]1O[C@H](CO)[C@H](O)[C@H](O)[C@H]1O)NC(=O)CCCCCCCCCCCNC(=O)c1ccc(F)cc1. The van der Waals surface area contributed by atoms with Gasteiger partial charge in [0.15, 0.2) is 6.29 Å². The number of benzene rings is 1. The van der Waals surface area contributed by atoms with Gasteiger partial charge in [-0.1, -0.05) is 129 Å². The molecule has 0 saturated carbocycles. The number of hydrogen-bond donors (Lipinski definition) is 8. The van der Waals surface area contributed by atoms with Crippen molar-refractivity contribution in [2.75, 3.05) is 19.8 Å². The Kier molecular flexibility index (Phi) is 27.4. The second-order valence-corrected chi connectivity index (χ2v) is 15.6. The van der Waals surface area contributed by atoms with Crippen LogP contribution in [0.4, 0.5) is 4.39 Å². The van der Waals surface area contributed by atoms with Crippen molar-refractivity contribution in [3.05, 3.63) is 35.6 Å². The summed E-state index contributed by atoms with van der Waals surface area (Å²) in [5, 5.41) is 67.8. The van der Waals surface area contributed by atoms with E-state index in [4.69, 9.17) is 9.47 Å². The molecule has 0 radical (unpaired) electrons. The number of amides is 2. The van der Waals surface area contributed by atoms with Gasteiger partial charge < -0.3 is 50.7 Å². The summed E-state index contributed by atoms with van der Waals surface area (Å²) in [6, 6.07) is 4.46. The average Bonchev–Trinajstić information content (AvgIpc) is 3.19. The van der Waals surface area contributed by atoms with Crippen molar-refractivity contribution in [3.8, 4) is 0 Å². The van der Waals surface area contributed by atoms with Crippen LogP contribution in [0.15, 0.2) is 24.3 Å². The van der Waals surface area contributed by atoms with E-state index in [1.807, 2.05) is 0 Å². The fourth-order valence-electron chi connectivity index (χ4n) is 7.09. The maximum atomic E-state index is 13.0. The Balaban J connectivity index is 1.68. The molecule has 1 aliphatic rings. The molecule has 0 unspecified atom stereocenters. The lowest BCUT2D eigenvalue weighted by atomic mass is 9.98. The molecule has 1 aromatic rings. The molecular formula is C43H75FN2O10. The Hall–Kier alpha value is -2.23. The monoisotopic (exact) mass is 799 g/mol. The van der Waals surface area contributed by atoms with Crippen molar-refractivity contribution in [3.63, 3.8) is 0 Å². The van der Waals surface area contributed by atoms with E-state index in [0.29, 0.717) is 24.9 Å². The molecule has 0 spiro atoms. The molecule has 13 heteroatoms. The predicted octanol–water partition coefficient (Wildman–Crippen LogP) is 5.57. The van der Waals surface area contributed by atoms with Crippen molar-refractivity contribution in [1.29, 1.82) is 0 Å². The van der Waals surface area contributed by atoms with Gasteiger partial charge in [-0.05, 0) is 43.5 Å². The van der Waals surface area contributed by atoms with Crippen LogP contribution in [0.2, 0.25) is 0 Å². The van der Waals surface area contributed by atoms with Gasteiger partial charge in [-0.2, -0.15) is 0 Å². The zero-order valence-corrected chi connectivity index (χ0v) is 34.0. The molecule has 0 aromatic heterocycles. The van der Waals surface area contributed by atoms with E-state index in [1.54, 1.807) is 0 Å². The van der Waals surface area contributed by atoms with Gasteiger partial charge in [-0.25, -0.2) is 4.39 Å². The van der Waals surface area contributed by atoms with Crippen molar-refractivity contribution >= 4 is 11.8 Å². The van der Waals surface area contributed by atoms with Gasteiger partial charge in [0.25, 0.3) is 5.91 Å². The van der Waals surface area contributed by atoms with Crippen LogP contribution in [0.25, 0.3) is 0 Å². The number of ether oxygens (including phenoxy) is 2. The highest BCUT2D eigenvalue weighted by Gasteiger charge is 2.44. The molecule has 56 heavy (non-hydrogen) atoms. The third-order valence-corrected chi connectivity index (χ3v) is 10.8. The lowest BCUT2D eigenvalue weighted by Crippen LogP contribution is -2.60. The number of nitrogens with one attached hydrogen (secondary N) is 2. The summed E-state index contributed by atoms with van der Waals surface area (Å²) in [6.07, 6.45) is 13.4. The van der Waals surface area contributed by atoms with Crippen molar-refractivity contribution < 1.29 is 54.1 Å². The quantitative estimate of drug-likeness (QED) is 0.0416. The Morgan fingerprint density at radius 3 is 1.80 bits per heavy atom. The number of carbonyl (C=O) groups excluding carboxylic acids is 2. The average molecular weight is 799 g/mol. The fourth-order valence-corrected chi connectivity index (χ4v) is 7.09. The van der Waals surface area contributed by atoms with Crippen LogP contribution in [0.3, 0.4) is 0 Å². The van der Waals surface area contributed by atoms with E-state index in [0.717, 1.165) is 77.0 Å². The van der Waals surface area contributed by atoms with Gasteiger partial charge in [0.05, 0.1) is 25.4 Å². The highest BCUT2D eigenvalue weighted by atomic mass is 19.1. The van der Waals surface area contributed by atoms with Crippen LogP contribution in [0.5, 0.6) is 0 Å². The van der Waals surface area contributed by atoms with Crippen LogP contribution >= 0.6 is 0 Å². The summed E-state index contributed by atoms with van der Waals surface area (Å²) in [6.45, 7) is 1.84. The molecule has 1 aliphatic heterocycles. The summed E-state index contributed by atoms with van der Waals surface area (Å²) >= 11 is 0. The Bertz CT molecular complexity index is 1150. The van der Waals surface area contributed by atoms with Crippen molar-refractivity contribution in [1.82, 2.24) is 10.6 Å². The van der Waals surface area contributed by atoms with Gasteiger partial charge >= 0.3 is 0 Å². The van der Waals surface area contributed by atoms with Gasteiger partial charge in [0.2, 0.25) is 5.91 Å². The summed E-state index contributed by atoms with van der Waals surface area (Å²) in [5.41, 5.74) is 0.446. The lowest BCUT2D eigenvalue weighted by Gasteiger charge is -2.40. The summed E-state index contributed by atoms with van der Waals surface area (Å²) in [4.78, 5) is 25.1. The molecular weight excluding hydrogens is 723 g/mol. The Labute approximate surface area is 335 Å². The first kappa shape index (κ1) is 49.9. The van der Waals surface area contributed by atoms with E-state index >= 15 is 0 Å². The smallest absolute Gasteiger partial charge is 0.251 e. The maximum Gasteiger partial charge on any atom is 0.251 e. The molecule has 324 valence electrons. The minimum atomic E-state index is -1.63.